The zero-order valence-electron chi connectivity index (χ0n) is 9.43. The van der Waals surface area contributed by atoms with E-state index in [-0.39, 0.29) is 0 Å². The molecule has 0 bridgehead atoms. The summed E-state index contributed by atoms with van der Waals surface area (Å²) in [6.45, 7) is 3.32. The van der Waals surface area contributed by atoms with Crippen LogP contribution in [0.25, 0.3) is 0 Å². The lowest BCUT2D eigenvalue weighted by Gasteiger charge is -2.03. The zero-order valence-corrected chi connectivity index (χ0v) is 9.43. The summed E-state index contributed by atoms with van der Waals surface area (Å²) < 4.78 is 0. The molecule has 0 saturated heterocycles. The first-order valence-corrected chi connectivity index (χ1v) is 6.34. The molecule has 0 atom stereocenters. The summed E-state index contributed by atoms with van der Waals surface area (Å²) in [5, 5.41) is 3.52. The van der Waals surface area contributed by atoms with Gasteiger partial charge < -0.3 is 11.1 Å². The van der Waals surface area contributed by atoms with E-state index in [0.717, 1.165) is 12.5 Å². The third-order valence-electron chi connectivity index (χ3n) is 2.98. The molecule has 1 aliphatic rings. The van der Waals surface area contributed by atoms with Gasteiger partial charge in [-0.1, -0.05) is 32.1 Å². The number of nitrogens with one attached hydrogen (secondary N) is 1. The van der Waals surface area contributed by atoms with Crippen LogP contribution in [-0.2, 0) is 0 Å². The molecule has 0 aromatic rings. The fourth-order valence-electron chi connectivity index (χ4n) is 1.76. The SMILES string of the molecule is NCCCCCCCNCCC1CC1. The molecule has 0 radical (unpaired) electrons. The fraction of sp³-hybridized carbons (Fsp3) is 1.00. The van der Waals surface area contributed by atoms with Gasteiger partial charge in [-0.15, -0.1) is 0 Å². The van der Waals surface area contributed by atoms with Crippen molar-refractivity contribution in [3.63, 3.8) is 0 Å². The van der Waals surface area contributed by atoms with Gasteiger partial charge in [-0.05, 0) is 44.8 Å². The number of rotatable bonds is 10. The van der Waals surface area contributed by atoms with E-state index in [1.807, 2.05) is 0 Å². The Labute approximate surface area is 88.6 Å². The Balaban J connectivity index is 1.63. The molecule has 1 aliphatic carbocycles. The van der Waals surface area contributed by atoms with Gasteiger partial charge in [0.05, 0.1) is 0 Å². The summed E-state index contributed by atoms with van der Waals surface area (Å²) in [6.07, 6.45) is 11.0. The summed E-state index contributed by atoms with van der Waals surface area (Å²) in [4.78, 5) is 0. The normalized spacial score (nSPS) is 16.1. The van der Waals surface area contributed by atoms with E-state index in [1.54, 1.807) is 0 Å². The molecule has 84 valence electrons. The minimum Gasteiger partial charge on any atom is -0.330 e. The van der Waals surface area contributed by atoms with Crippen LogP contribution in [0.3, 0.4) is 0 Å². The second kappa shape index (κ2) is 8.25. The quantitative estimate of drug-likeness (QED) is 0.529. The molecule has 2 nitrogen and oxygen atoms in total. The number of hydrogen-bond acceptors (Lipinski definition) is 2. The lowest BCUT2D eigenvalue weighted by Crippen LogP contribution is -2.17. The first-order valence-electron chi connectivity index (χ1n) is 6.34. The van der Waals surface area contributed by atoms with Crippen LogP contribution in [0.1, 0.15) is 51.4 Å². The number of hydrogen-bond donors (Lipinski definition) is 2. The number of unbranched alkanes of at least 4 members (excludes halogenated alkanes) is 4. The van der Waals surface area contributed by atoms with Gasteiger partial charge in [-0.25, -0.2) is 0 Å². The van der Waals surface area contributed by atoms with Crippen molar-refractivity contribution in [2.75, 3.05) is 19.6 Å². The maximum absolute atomic E-state index is 5.43. The Morgan fingerprint density at radius 2 is 1.64 bits per heavy atom. The largest absolute Gasteiger partial charge is 0.330 e. The van der Waals surface area contributed by atoms with E-state index in [1.165, 1.54) is 64.5 Å². The van der Waals surface area contributed by atoms with E-state index in [4.69, 9.17) is 5.73 Å². The predicted octanol–water partition coefficient (Wildman–Crippen LogP) is 2.29. The van der Waals surface area contributed by atoms with Crippen LogP contribution in [0.5, 0.6) is 0 Å². The van der Waals surface area contributed by atoms with Crippen LogP contribution in [-0.4, -0.2) is 19.6 Å². The van der Waals surface area contributed by atoms with Gasteiger partial charge in [0.15, 0.2) is 0 Å². The molecular formula is C12H26N2. The average molecular weight is 198 g/mol. The third kappa shape index (κ3) is 7.34. The van der Waals surface area contributed by atoms with Crippen molar-refractivity contribution in [2.24, 2.45) is 11.7 Å². The van der Waals surface area contributed by atoms with Crippen LogP contribution in [0, 0.1) is 5.92 Å². The van der Waals surface area contributed by atoms with E-state index in [2.05, 4.69) is 5.32 Å². The second-order valence-electron chi connectivity index (χ2n) is 4.54. The van der Waals surface area contributed by atoms with Crippen molar-refractivity contribution in [3.05, 3.63) is 0 Å². The van der Waals surface area contributed by atoms with Crippen molar-refractivity contribution in [1.82, 2.24) is 5.32 Å². The van der Waals surface area contributed by atoms with E-state index < -0.39 is 0 Å². The van der Waals surface area contributed by atoms with E-state index >= 15 is 0 Å². The lowest BCUT2D eigenvalue weighted by molar-refractivity contribution is 0.558. The molecule has 1 saturated carbocycles. The molecule has 0 unspecified atom stereocenters. The maximum atomic E-state index is 5.43. The minimum atomic E-state index is 0.861. The minimum absolute atomic E-state index is 0.861. The number of nitrogens with two attached hydrogens (primary N) is 1. The van der Waals surface area contributed by atoms with E-state index in [0.29, 0.717) is 0 Å². The zero-order chi connectivity index (χ0) is 10.1. The third-order valence-corrected chi connectivity index (χ3v) is 2.98. The van der Waals surface area contributed by atoms with Crippen LogP contribution >= 0.6 is 0 Å². The fourth-order valence-corrected chi connectivity index (χ4v) is 1.76. The smallest absolute Gasteiger partial charge is 0.00463 e. The highest BCUT2D eigenvalue weighted by atomic mass is 14.8. The predicted molar refractivity (Wildman–Crippen MR) is 62.4 cm³/mol. The van der Waals surface area contributed by atoms with Crippen LogP contribution in [0.15, 0.2) is 0 Å². The van der Waals surface area contributed by atoms with Crippen molar-refractivity contribution in [1.29, 1.82) is 0 Å². The van der Waals surface area contributed by atoms with Crippen molar-refractivity contribution < 1.29 is 0 Å². The van der Waals surface area contributed by atoms with E-state index in [9.17, 15) is 0 Å². The molecule has 0 heterocycles. The summed E-state index contributed by atoms with van der Waals surface area (Å²) in [5.74, 6) is 1.08. The molecule has 1 fully saturated rings. The lowest BCUT2D eigenvalue weighted by atomic mass is 10.1. The average Bonchev–Trinajstić information content (AvgIpc) is 2.99. The standard InChI is InChI=1S/C12H26N2/c13-9-4-2-1-3-5-10-14-11-8-12-6-7-12/h12,14H,1-11,13H2. The topological polar surface area (TPSA) is 38.0 Å². The van der Waals surface area contributed by atoms with Crippen LogP contribution in [0.4, 0.5) is 0 Å². The molecule has 3 N–H and O–H groups in total. The van der Waals surface area contributed by atoms with Gasteiger partial charge in [0.2, 0.25) is 0 Å². The monoisotopic (exact) mass is 198 g/mol. The Morgan fingerprint density at radius 3 is 2.36 bits per heavy atom. The molecule has 1 rings (SSSR count). The first-order chi connectivity index (χ1) is 6.93. The van der Waals surface area contributed by atoms with Gasteiger partial charge in [0.25, 0.3) is 0 Å². The van der Waals surface area contributed by atoms with Crippen molar-refractivity contribution in [3.8, 4) is 0 Å². The molecule has 0 aliphatic heterocycles. The summed E-state index contributed by atoms with van der Waals surface area (Å²) in [6, 6.07) is 0. The van der Waals surface area contributed by atoms with Gasteiger partial charge in [-0.2, -0.15) is 0 Å². The molecule has 0 amide bonds. The Morgan fingerprint density at radius 1 is 0.929 bits per heavy atom. The van der Waals surface area contributed by atoms with Gasteiger partial charge in [-0.3, -0.25) is 0 Å². The molecule has 2 heteroatoms. The Kier molecular flexibility index (Phi) is 7.06. The van der Waals surface area contributed by atoms with Crippen molar-refractivity contribution in [2.45, 2.75) is 51.4 Å². The summed E-state index contributed by atoms with van der Waals surface area (Å²) in [7, 11) is 0. The molecular weight excluding hydrogens is 172 g/mol. The van der Waals surface area contributed by atoms with Crippen LogP contribution < -0.4 is 11.1 Å². The molecule has 0 aromatic heterocycles. The summed E-state index contributed by atoms with van der Waals surface area (Å²) in [5.41, 5.74) is 5.43. The highest BCUT2D eigenvalue weighted by molar-refractivity contribution is 4.73. The maximum Gasteiger partial charge on any atom is -0.00463 e. The molecule has 0 spiro atoms. The van der Waals surface area contributed by atoms with Crippen LogP contribution in [0.2, 0.25) is 0 Å². The first kappa shape index (κ1) is 12.0. The van der Waals surface area contributed by atoms with Gasteiger partial charge in [0.1, 0.15) is 0 Å². The summed E-state index contributed by atoms with van der Waals surface area (Å²) >= 11 is 0. The van der Waals surface area contributed by atoms with Crippen molar-refractivity contribution >= 4 is 0 Å². The Hall–Kier alpha value is -0.0800. The second-order valence-corrected chi connectivity index (χ2v) is 4.54. The Bertz CT molecular complexity index is 121. The molecule has 14 heavy (non-hydrogen) atoms. The van der Waals surface area contributed by atoms with Gasteiger partial charge in [0, 0.05) is 0 Å². The molecule has 0 aromatic carbocycles. The highest BCUT2D eigenvalue weighted by Crippen LogP contribution is 2.31. The highest BCUT2D eigenvalue weighted by Gasteiger charge is 2.19. The van der Waals surface area contributed by atoms with Gasteiger partial charge >= 0.3 is 0 Å².